The van der Waals surface area contributed by atoms with E-state index in [0.717, 1.165) is 41.0 Å². The minimum Gasteiger partial charge on any atom is -0.380 e. The molecule has 0 spiro atoms. The van der Waals surface area contributed by atoms with Crippen molar-refractivity contribution >= 4 is 16.7 Å². The Balaban J connectivity index is 1.87. The highest BCUT2D eigenvalue weighted by molar-refractivity contribution is 5.94. The number of halogens is 3. The molecule has 136 valence electrons. The Kier molecular flexibility index (Phi) is 4.10. The molecular formula is C17H21F3N4O. The van der Waals surface area contributed by atoms with Crippen LogP contribution in [0.2, 0.25) is 0 Å². The van der Waals surface area contributed by atoms with Gasteiger partial charge in [-0.05, 0) is 38.2 Å². The largest absolute Gasteiger partial charge is 0.392 e. The van der Waals surface area contributed by atoms with Gasteiger partial charge in [-0.2, -0.15) is 18.3 Å². The molecular weight excluding hydrogens is 333 g/mol. The van der Waals surface area contributed by atoms with Gasteiger partial charge in [-0.15, -0.1) is 0 Å². The Hall–Kier alpha value is -1.83. The van der Waals surface area contributed by atoms with Crippen LogP contribution in [0.4, 0.5) is 18.9 Å². The lowest BCUT2D eigenvalue weighted by Crippen LogP contribution is -2.33. The molecule has 1 fully saturated rings. The summed E-state index contributed by atoms with van der Waals surface area (Å²) in [5.41, 5.74) is 3.83. The van der Waals surface area contributed by atoms with E-state index < -0.39 is 12.1 Å². The molecule has 25 heavy (non-hydrogen) atoms. The van der Waals surface area contributed by atoms with E-state index in [1.165, 1.54) is 0 Å². The number of aromatic amines is 1. The molecule has 0 aromatic carbocycles. The van der Waals surface area contributed by atoms with E-state index in [-0.39, 0.29) is 12.8 Å². The van der Waals surface area contributed by atoms with Crippen LogP contribution in [0, 0.1) is 12.8 Å². The number of nitrogens with one attached hydrogen (secondary N) is 1. The Labute approximate surface area is 143 Å². The van der Waals surface area contributed by atoms with Gasteiger partial charge in [0, 0.05) is 31.1 Å². The molecule has 1 aliphatic heterocycles. The van der Waals surface area contributed by atoms with Gasteiger partial charge in [-0.1, -0.05) is 0 Å². The number of hydrogen-bond acceptors (Lipinski definition) is 4. The predicted octanol–water partition coefficient (Wildman–Crippen LogP) is 3.16. The van der Waals surface area contributed by atoms with Gasteiger partial charge in [0.15, 0.2) is 5.65 Å². The molecule has 0 radical (unpaired) electrons. The van der Waals surface area contributed by atoms with E-state index in [1.807, 2.05) is 6.92 Å². The molecule has 1 atom stereocenters. The summed E-state index contributed by atoms with van der Waals surface area (Å²) in [7, 11) is 0. The molecule has 0 bridgehead atoms. The van der Waals surface area contributed by atoms with Crippen LogP contribution in [0.15, 0.2) is 0 Å². The Morgan fingerprint density at radius 3 is 2.88 bits per heavy atom. The predicted molar refractivity (Wildman–Crippen MR) is 87.8 cm³/mol. The van der Waals surface area contributed by atoms with Gasteiger partial charge in [0.2, 0.25) is 0 Å². The molecule has 0 amide bonds. The van der Waals surface area contributed by atoms with Gasteiger partial charge in [0.1, 0.15) is 0 Å². The van der Waals surface area contributed by atoms with Gasteiger partial charge in [-0.25, -0.2) is 4.98 Å². The molecule has 2 aromatic rings. The highest BCUT2D eigenvalue weighted by atomic mass is 19.4. The Morgan fingerprint density at radius 2 is 2.08 bits per heavy atom. The molecule has 1 aliphatic carbocycles. The third-order valence-corrected chi connectivity index (χ3v) is 5.22. The average Bonchev–Trinajstić information content (AvgIpc) is 2.78. The van der Waals surface area contributed by atoms with Crippen molar-refractivity contribution in [2.45, 2.75) is 38.8 Å². The maximum absolute atomic E-state index is 13.3. The first-order valence-corrected chi connectivity index (χ1v) is 8.71. The summed E-state index contributed by atoms with van der Waals surface area (Å²) in [6.45, 7) is 4.60. The van der Waals surface area contributed by atoms with Gasteiger partial charge in [0.25, 0.3) is 0 Å². The smallest absolute Gasteiger partial charge is 0.380 e. The highest BCUT2D eigenvalue weighted by Gasteiger charge is 2.42. The lowest BCUT2D eigenvalue weighted by molar-refractivity contribution is -0.177. The number of pyridine rings is 1. The van der Waals surface area contributed by atoms with Gasteiger partial charge in [0.05, 0.1) is 23.6 Å². The van der Waals surface area contributed by atoms with Gasteiger partial charge >= 0.3 is 6.18 Å². The molecule has 5 nitrogen and oxygen atoms in total. The van der Waals surface area contributed by atoms with Crippen molar-refractivity contribution in [3.05, 3.63) is 17.0 Å². The number of fused-ring (bicyclic) bond motifs is 2. The summed E-state index contributed by atoms with van der Waals surface area (Å²) < 4.78 is 45.5. The number of anilines is 1. The van der Waals surface area contributed by atoms with E-state index in [4.69, 9.17) is 4.74 Å². The quantitative estimate of drug-likeness (QED) is 0.855. The zero-order valence-corrected chi connectivity index (χ0v) is 14.1. The normalized spacial score (nSPS) is 22.1. The van der Waals surface area contributed by atoms with E-state index in [2.05, 4.69) is 20.1 Å². The standard InChI is InChI=1S/C17H21F3N4O/c1-10-14-15(24-5-2-7-25-8-6-24)12-9-11(17(18,19)20)3-4-13(12)21-16(14)23-22-10/h11H,2-9H2,1H3,(H,21,22,23). The Bertz CT molecular complexity index is 778. The first kappa shape index (κ1) is 16.6. The Morgan fingerprint density at radius 1 is 1.24 bits per heavy atom. The van der Waals surface area contributed by atoms with Crippen LogP contribution in [-0.4, -0.2) is 47.7 Å². The number of hydrogen-bond donors (Lipinski definition) is 1. The van der Waals surface area contributed by atoms with Crippen LogP contribution in [0.25, 0.3) is 11.0 Å². The second-order valence-corrected chi connectivity index (χ2v) is 6.87. The molecule has 1 N–H and O–H groups in total. The lowest BCUT2D eigenvalue weighted by Gasteiger charge is -2.32. The topological polar surface area (TPSA) is 54.0 Å². The molecule has 8 heteroatoms. The van der Waals surface area contributed by atoms with E-state index in [1.54, 1.807) is 0 Å². The molecule has 1 unspecified atom stereocenters. The van der Waals surface area contributed by atoms with Crippen LogP contribution < -0.4 is 4.90 Å². The minimum atomic E-state index is -4.17. The summed E-state index contributed by atoms with van der Waals surface area (Å²) in [6.07, 6.45) is -2.87. The van der Waals surface area contributed by atoms with Crippen LogP contribution >= 0.6 is 0 Å². The van der Waals surface area contributed by atoms with Crippen molar-refractivity contribution in [2.24, 2.45) is 5.92 Å². The molecule has 4 rings (SSSR count). The summed E-state index contributed by atoms with van der Waals surface area (Å²) in [5, 5.41) is 8.05. The fraction of sp³-hybridized carbons (Fsp3) is 0.647. The van der Waals surface area contributed by atoms with E-state index in [9.17, 15) is 13.2 Å². The van der Waals surface area contributed by atoms with Crippen molar-refractivity contribution in [1.29, 1.82) is 0 Å². The average molecular weight is 354 g/mol. The zero-order valence-electron chi connectivity index (χ0n) is 14.1. The van der Waals surface area contributed by atoms with Crippen LogP contribution in [0.3, 0.4) is 0 Å². The van der Waals surface area contributed by atoms with Crippen LogP contribution in [-0.2, 0) is 17.6 Å². The third kappa shape index (κ3) is 2.96. The SMILES string of the molecule is Cc1[nH]nc2nc3c(c(N4CCCOCC4)c12)CC(C(F)(F)F)CC3. The molecule has 2 aliphatic rings. The fourth-order valence-corrected chi connectivity index (χ4v) is 3.94. The van der Waals surface area contributed by atoms with E-state index in [0.29, 0.717) is 31.8 Å². The van der Waals surface area contributed by atoms with Gasteiger partial charge < -0.3 is 9.64 Å². The molecule has 0 saturated carbocycles. The van der Waals surface area contributed by atoms with Gasteiger partial charge in [-0.3, -0.25) is 5.10 Å². The summed E-state index contributed by atoms with van der Waals surface area (Å²) in [6, 6.07) is 0. The second kappa shape index (κ2) is 6.16. The number of H-pyrrole nitrogens is 1. The summed E-state index contributed by atoms with van der Waals surface area (Å²) in [4.78, 5) is 6.73. The monoisotopic (exact) mass is 354 g/mol. The highest BCUT2D eigenvalue weighted by Crippen LogP contribution is 2.42. The van der Waals surface area contributed by atoms with Crippen molar-refractivity contribution in [3.63, 3.8) is 0 Å². The number of alkyl halides is 3. The number of rotatable bonds is 1. The number of aryl methyl sites for hydroxylation is 2. The maximum Gasteiger partial charge on any atom is 0.392 e. The molecule has 2 aromatic heterocycles. The zero-order chi connectivity index (χ0) is 17.6. The molecule has 1 saturated heterocycles. The summed E-state index contributed by atoms with van der Waals surface area (Å²) >= 11 is 0. The molecule has 3 heterocycles. The second-order valence-electron chi connectivity index (χ2n) is 6.87. The maximum atomic E-state index is 13.3. The number of aromatic nitrogens is 3. The third-order valence-electron chi connectivity index (χ3n) is 5.22. The van der Waals surface area contributed by atoms with E-state index >= 15 is 0 Å². The van der Waals surface area contributed by atoms with Crippen molar-refractivity contribution in [1.82, 2.24) is 15.2 Å². The van der Waals surface area contributed by atoms with Crippen LogP contribution in [0.5, 0.6) is 0 Å². The number of ether oxygens (including phenoxy) is 1. The van der Waals surface area contributed by atoms with Crippen LogP contribution in [0.1, 0.15) is 29.8 Å². The van der Waals surface area contributed by atoms with Crippen molar-refractivity contribution < 1.29 is 17.9 Å². The summed E-state index contributed by atoms with van der Waals surface area (Å²) in [5.74, 6) is -1.30. The number of nitrogens with zero attached hydrogens (tertiary/aromatic N) is 3. The van der Waals surface area contributed by atoms with Crippen molar-refractivity contribution in [2.75, 3.05) is 31.2 Å². The minimum absolute atomic E-state index is 0.000909. The lowest BCUT2D eigenvalue weighted by atomic mass is 9.84. The first-order chi connectivity index (χ1) is 11.9. The first-order valence-electron chi connectivity index (χ1n) is 8.71. The van der Waals surface area contributed by atoms with Crippen molar-refractivity contribution in [3.8, 4) is 0 Å². The fourth-order valence-electron chi connectivity index (χ4n) is 3.94.